The summed E-state index contributed by atoms with van der Waals surface area (Å²) in [7, 11) is 0. The van der Waals surface area contributed by atoms with E-state index in [-0.39, 0.29) is 0 Å². The number of para-hydroxylation sites is 1. The molecule has 0 atom stereocenters. The van der Waals surface area contributed by atoms with Crippen molar-refractivity contribution in [2.45, 2.75) is 5.41 Å². The van der Waals surface area contributed by atoms with E-state index in [0.717, 1.165) is 33.4 Å². The highest BCUT2D eigenvalue weighted by atomic mass is 14.8. The maximum absolute atomic E-state index is 4.95. The fraction of sp³-hybridized carbons (Fsp3) is 0.0182. The molecule has 0 bridgehead atoms. The molecule has 0 spiro atoms. The number of pyridine rings is 2. The molecule has 266 valence electrons. The van der Waals surface area contributed by atoms with Crippen molar-refractivity contribution in [2.75, 3.05) is 0 Å². The van der Waals surface area contributed by atoms with Crippen molar-refractivity contribution in [1.29, 1.82) is 0 Å². The van der Waals surface area contributed by atoms with E-state index >= 15 is 0 Å². The summed E-state index contributed by atoms with van der Waals surface area (Å²) in [5.74, 6) is 0. The molecule has 2 aromatic heterocycles. The first-order valence-corrected chi connectivity index (χ1v) is 19.6. The summed E-state index contributed by atoms with van der Waals surface area (Å²) in [5, 5.41) is 3.57. The Morgan fingerprint density at radius 2 is 0.947 bits per heavy atom. The van der Waals surface area contributed by atoms with Crippen LogP contribution < -0.4 is 0 Å². The van der Waals surface area contributed by atoms with E-state index in [4.69, 9.17) is 4.98 Å². The number of nitrogens with zero attached hydrogens (tertiary/aromatic N) is 2. The summed E-state index contributed by atoms with van der Waals surface area (Å²) < 4.78 is 0. The number of hydrogen-bond donors (Lipinski definition) is 0. The number of fused-ring (bicyclic) bond motifs is 5. The Morgan fingerprint density at radius 1 is 0.351 bits per heavy atom. The van der Waals surface area contributed by atoms with Crippen LogP contribution in [0.15, 0.2) is 219 Å². The maximum atomic E-state index is 4.95. The van der Waals surface area contributed by atoms with E-state index in [1.54, 1.807) is 0 Å². The molecule has 0 saturated heterocycles. The molecule has 1 aliphatic rings. The van der Waals surface area contributed by atoms with E-state index < -0.39 is 5.41 Å². The Bertz CT molecular complexity index is 3060. The summed E-state index contributed by atoms with van der Waals surface area (Å²) in [6, 6.07) is 77.1. The summed E-state index contributed by atoms with van der Waals surface area (Å²) in [4.78, 5) is 9.53. The predicted molar refractivity (Wildman–Crippen MR) is 236 cm³/mol. The summed E-state index contributed by atoms with van der Waals surface area (Å²) in [5.41, 5.74) is 17.3. The standard InChI is InChI=1S/C55H36N2/c1-3-14-43(15-4-1)55(44-16-5-2-6-17-44)49-21-9-7-19-47(49)54-45(20-13-22-50(54)55)42-32-31-40-34-39(29-30-41(40)35-42)37-25-27-38(28-26-37)48-36-53(52-24-11-12-33-56-52)57-51-23-10-8-18-46(48)51/h1-36H. The second-order valence-corrected chi connectivity index (χ2v) is 14.9. The molecule has 0 saturated carbocycles. The lowest BCUT2D eigenvalue weighted by Gasteiger charge is -2.34. The first-order chi connectivity index (χ1) is 28.3. The number of benzene rings is 8. The van der Waals surface area contributed by atoms with Gasteiger partial charge in [-0.25, -0.2) is 4.98 Å². The van der Waals surface area contributed by atoms with Crippen molar-refractivity contribution in [1.82, 2.24) is 9.97 Å². The second kappa shape index (κ2) is 13.4. The molecule has 0 unspecified atom stereocenters. The molecular formula is C55H36N2. The molecule has 0 N–H and O–H groups in total. The van der Waals surface area contributed by atoms with Crippen LogP contribution in [0, 0.1) is 0 Å². The van der Waals surface area contributed by atoms with Crippen LogP contribution in [-0.2, 0) is 5.41 Å². The van der Waals surface area contributed by atoms with Crippen molar-refractivity contribution < 1.29 is 0 Å². The Labute approximate surface area is 332 Å². The highest BCUT2D eigenvalue weighted by Gasteiger charge is 2.46. The zero-order valence-corrected chi connectivity index (χ0v) is 31.2. The third-order valence-corrected chi connectivity index (χ3v) is 11.8. The molecular weight excluding hydrogens is 689 g/mol. The van der Waals surface area contributed by atoms with E-state index in [9.17, 15) is 0 Å². The Hall–Kier alpha value is -7.42. The minimum Gasteiger partial charge on any atom is -0.255 e. The molecule has 1 aliphatic carbocycles. The molecule has 2 nitrogen and oxygen atoms in total. The van der Waals surface area contributed by atoms with Crippen molar-refractivity contribution in [3.05, 3.63) is 241 Å². The predicted octanol–water partition coefficient (Wildman–Crippen LogP) is 13.8. The smallest absolute Gasteiger partial charge is 0.0900 e. The minimum absolute atomic E-state index is 0.419. The van der Waals surface area contributed by atoms with E-state index in [1.807, 2.05) is 30.5 Å². The van der Waals surface area contributed by atoms with Gasteiger partial charge in [-0.05, 0) is 114 Å². The van der Waals surface area contributed by atoms with Crippen LogP contribution in [0.1, 0.15) is 22.3 Å². The van der Waals surface area contributed by atoms with Crippen molar-refractivity contribution in [3.63, 3.8) is 0 Å². The Morgan fingerprint density at radius 3 is 1.70 bits per heavy atom. The highest BCUT2D eigenvalue weighted by molar-refractivity contribution is 5.99. The van der Waals surface area contributed by atoms with Crippen LogP contribution in [-0.4, -0.2) is 9.97 Å². The van der Waals surface area contributed by atoms with Gasteiger partial charge in [-0.3, -0.25) is 4.98 Å². The average Bonchev–Trinajstić information content (AvgIpc) is 3.60. The van der Waals surface area contributed by atoms with Gasteiger partial charge < -0.3 is 0 Å². The highest BCUT2D eigenvalue weighted by Crippen LogP contribution is 2.58. The van der Waals surface area contributed by atoms with E-state index in [2.05, 4.69) is 193 Å². The quantitative estimate of drug-likeness (QED) is 0.171. The molecule has 2 heteroatoms. The molecule has 2 heterocycles. The SMILES string of the molecule is c1ccc(C2(c3ccccc3)c3ccccc3-c3c(-c4ccc5cc(-c6ccc(-c7cc(-c8ccccn8)nc8ccccc78)cc6)ccc5c4)cccc32)cc1. The lowest BCUT2D eigenvalue weighted by molar-refractivity contribution is 0.768. The fourth-order valence-electron chi connectivity index (χ4n) is 9.23. The zero-order chi connectivity index (χ0) is 37.8. The second-order valence-electron chi connectivity index (χ2n) is 14.9. The number of aromatic nitrogens is 2. The van der Waals surface area contributed by atoms with Gasteiger partial charge in [0.15, 0.2) is 0 Å². The van der Waals surface area contributed by atoms with Crippen LogP contribution in [0.3, 0.4) is 0 Å². The van der Waals surface area contributed by atoms with Crippen LogP contribution in [0.4, 0.5) is 0 Å². The average molecular weight is 725 g/mol. The van der Waals surface area contributed by atoms with Gasteiger partial charge in [0.05, 0.1) is 22.3 Å². The van der Waals surface area contributed by atoms with Gasteiger partial charge in [-0.2, -0.15) is 0 Å². The summed E-state index contributed by atoms with van der Waals surface area (Å²) in [6.07, 6.45) is 1.82. The topological polar surface area (TPSA) is 25.8 Å². The first-order valence-electron chi connectivity index (χ1n) is 19.6. The lowest BCUT2D eigenvalue weighted by Crippen LogP contribution is -2.28. The van der Waals surface area contributed by atoms with Gasteiger partial charge in [0, 0.05) is 11.6 Å². The lowest BCUT2D eigenvalue weighted by atomic mass is 9.67. The van der Waals surface area contributed by atoms with Crippen LogP contribution in [0.5, 0.6) is 0 Å². The normalized spacial score (nSPS) is 12.7. The van der Waals surface area contributed by atoms with Crippen molar-refractivity contribution in [2.24, 2.45) is 0 Å². The Balaban J connectivity index is 0.978. The molecule has 57 heavy (non-hydrogen) atoms. The molecule has 10 aromatic rings. The maximum Gasteiger partial charge on any atom is 0.0900 e. The monoisotopic (exact) mass is 724 g/mol. The zero-order valence-electron chi connectivity index (χ0n) is 31.2. The third-order valence-electron chi connectivity index (χ3n) is 11.8. The van der Waals surface area contributed by atoms with Gasteiger partial charge in [-0.15, -0.1) is 0 Å². The summed E-state index contributed by atoms with van der Waals surface area (Å²) in [6.45, 7) is 0. The molecule has 8 aromatic carbocycles. The van der Waals surface area contributed by atoms with Crippen LogP contribution >= 0.6 is 0 Å². The van der Waals surface area contributed by atoms with Gasteiger partial charge >= 0.3 is 0 Å². The van der Waals surface area contributed by atoms with E-state index in [1.165, 1.54) is 66.4 Å². The van der Waals surface area contributed by atoms with Crippen molar-refractivity contribution in [3.8, 4) is 55.9 Å². The van der Waals surface area contributed by atoms with Gasteiger partial charge in [0.1, 0.15) is 0 Å². The minimum atomic E-state index is -0.419. The third kappa shape index (κ3) is 5.33. The van der Waals surface area contributed by atoms with Gasteiger partial charge in [-0.1, -0.05) is 176 Å². The molecule has 0 radical (unpaired) electrons. The first kappa shape index (κ1) is 33.0. The molecule has 0 fully saturated rings. The number of rotatable bonds is 6. The fourth-order valence-corrected chi connectivity index (χ4v) is 9.23. The number of hydrogen-bond acceptors (Lipinski definition) is 2. The van der Waals surface area contributed by atoms with Crippen LogP contribution in [0.2, 0.25) is 0 Å². The molecule has 11 rings (SSSR count). The van der Waals surface area contributed by atoms with E-state index in [0.29, 0.717) is 0 Å². The summed E-state index contributed by atoms with van der Waals surface area (Å²) >= 11 is 0. The molecule has 0 amide bonds. The molecule has 0 aliphatic heterocycles. The van der Waals surface area contributed by atoms with Gasteiger partial charge in [0.25, 0.3) is 0 Å². The Kier molecular flexibility index (Phi) is 7.75. The van der Waals surface area contributed by atoms with Crippen LogP contribution in [0.25, 0.3) is 77.6 Å². The van der Waals surface area contributed by atoms with Crippen molar-refractivity contribution >= 4 is 21.7 Å². The largest absolute Gasteiger partial charge is 0.255 e. The van der Waals surface area contributed by atoms with Gasteiger partial charge in [0.2, 0.25) is 0 Å².